The first-order chi connectivity index (χ1) is 14.3. The summed E-state index contributed by atoms with van der Waals surface area (Å²) in [6.07, 6.45) is 0. The minimum atomic E-state index is -0.274. The fraction of sp³-hybridized carbons (Fsp3) is 0.318. The summed E-state index contributed by atoms with van der Waals surface area (Å²) in [5.74, 6) is 1.17. The van der Waals surface area contributed by atoms with Crippen LogP contribution in [0, 0.1) is 0 Å². The zero-order valence-electron chi connectivity index (χ0n) is 17.9. The molecule has 0 aliphatic carbocycles. The molecule has 2 aromatic carbocycles. The number of imidazole rings is 1. The number of amides is 3. The molecule has 2 N–H and O–H groups in total. The number of benzene rings is 2. The van der Waals surface area contributed by atoms with Crippen LogP contribution in [0.4, 0.5) is 10.5 Å². The molecular formula is C22H27N5O3. The van der Waals surface area contributed by atoms with E-state index in [0.29, 0.717) is 34.9 Å². The van der Waals surface area contributed by atoms with Crippen LogP contribution in [-0.2, 0) is 13.6 Å². The highest BCUT2D eigenvalue weighted by atomic mass is 16.5. The lowest BCUT2D eigenvalue weighted by Crippen LogP contribution is -2.31. The fourth-order valence-electron chi connectivity index (χ4n) is 3.12. The number of aromatic nitrogens is 2. The number of ether oxygens (including phenoxy) is 1. The summed E-state index contributed by atoms with van der Waals surface area (Å²) in [7, 11) is 5.15. The Morgan fingerprint density at radius 1 is 1.20 bits per heavy atom. The number of hydrogen-bond acceptors (Lipinski definition) is 4. The highest BCUT2D eigenvalue weighted by Gasteiger charge is 2.17. The van der Waals surface area contributed by atoms with Crippen molar-refractivity contribution in [2.75, 3.05) is 19.5 Å². The van der Waals surface area contributed by atoms with Gasteiger partial charge in [-0.2, -0.15) is 0 Å². The summed E-state index contributed by atoms with van der Waals surface area (Å²) < 4.78 is 7.20. The van der Waals surface area contributed by atoms with Gasteiger partial charge < -0.3 is 24.8 Å². The lowest BCUT2D eigenvalue weighted by Gasteiger charge is -2.18. The van der Waals surface area contributed by atoms with E-state index in [4.69, 9.17) is 4.74 Å². The Bertz CT molecular complexity index is 1070. The van der Waals surface area contributed by atoms with Crippen molar-refractivity contribution < 1.29 is 14.3 Å². The number of carbonyl (C=O) groups is 2. The van der Waals surface area contributed by atoms with E-state index in [2.05, 4.69) is 15.6 Å². The third-order valence-electron chi connectivity index (χ3n) is 4.73. The predicted molar refractivity (Wildman–Crippen MR) is 117 cm³/mol. The van der Waals surface area contributed by atoms with E-state index in [1.807, 2.05) is 43.7 Å². The van der Waals surface area contributed by atoms with Gasteiger partial charge in [-0.05, 0) is 44.2 Å². The standard InChI is InChI=1S/C22H27N5O3/c1-14(2)23-21(28)15-10-11-18-17(12-15)24-20(27(18)4)13-26(3)22(29)25-16-8-6-7-9-19(16)30-5/h6-12,14H,13H2,1-5H3,(H,23,28)(H,25,29). The van der Waals surface area contributed by atoms with Gasteiger partial charge in [0.2, 0.25) is 0 Å². The van der Waals surface area contributed by atoms with Gasteiger partial charge >= 0.3 is 6.03 Å². The Hall–Kier alpha value is -3.55. The molecule has 3 amide bonds. The monoisotopic (exact) mass is 409 g/mol. The average molecular weight is 409 g/mol. The van der Waals surface area contributed by atoms with Crippen LogP contribution in [0.2, 0.25) is 0 Å². The second kappa shape index (κ2) is 8.86. The molecule has 30 heavy (non-hydrogen) atoms. The molecule has 8 heteroatoms. The third-order valence-corrected chi connectivity index (χ3v) is 4.73. The number of nitrogens with one attached hydrogen (secondary N) is 2. The Labute approximate surface area is 175 Å². The Morgan fingerprint density at radius 2 is 1.93 bits per heavy atom. The Kier molecular flexibility index (Phi) is 6.25. The summed E-state index contributed by atoms with van der Waals surface area (Å²) in [5, 5.41) is 5.73. The zero-order chi connectivity index (χ0) is 21.8. The largest absolute Gasteiger partial charge is 0.495 e. The van der Waals surface area contributed by atoms with Gasteiger partial charge in [0.15, 0.2) is 0 Å². The third kappa shape index (κ3) is 4.53. The van der Waals surface area contributed by atoms with Crippen molar-refractivity contribution in [3.63, 3.8) is 0 Å². The highest BCUT2D eigenvalue weighted by Crippen LogP contribution is 2.23. The molecule has 0 unspecified atom stereocenters. The number of methoxy groups -OCH3 is 1. The normalized spacial score (nSPS) is 10.9. The maximum atomic E-state index is 12.6. The van der Waals surface area contributed by atoms with E-state index in [-0.39, 0.29) is 18.0 Å². The molecule has 0 aliphatic heterocycles. The number of nitrogens with zero attached hydrogens (tertiary/aromatic N) is 3. The van der Waals surface area contributed by atoms with Crippen LogP contribution >= 0.6 is 0 Å². The number of fused-ring (bicyclic) bond motifs is 1. The quantitative estimate of drug-likeness (QED) is 0.653. The second-order valence-corrected chi connectivity index (χ2v) is 7.41. The predicted octanol–water partition coefficient (Wildman–Crippen LogP) is 3.38. The van der Waals surface area contributed by atoms with Crippen LogP contribution in [0.5, 0.6) is 5.75 Å². The van der Waals surface area contributed by atoms with E-state index in [0.717, 1.165) is 5.52 Å². The van der Waals surface area contributed by atoms with Gasteiger partial charge in [0.25, 0.3) is 5.91 Å². The minimum Gasteiger partial charge on any atom is -0.495 e. The molecule has 3 aromatic rings. The van der Waals surface area contributed by atoms with Crippen LogP contribution in [0.15, 0.2) is 42.5 Å². The molecule has 0 radical (unpaired) electrons. The first kappa shape index (κ1) is 21.2. The lowest BCUT2D eigenvalue weighted by molar-refractivity contribution is 0.0943. The van der Waals surface area contributed by atoms with Crippen LogP contribution < -0.4 is 15.4 Å². The van der Waals surface area contributed by atoms with Crippen molar-refractivity contribution in [1.82, 2.24) is 19.8 Å². The van der Waals surface area contributed by atoms with Gasteiger partial charge in [0.05, 0.1) is 30.4 Å². The van der Waals surface area contributed by atoms with Gasteiger partial charge in [0, 0.05) is 25.7 Å². The van der Waals surface area contributed by atoms with E-state index in [1.54, 1.807) is 43.3 Å². The van der Waals surface area contributed by atoms with E-state index < -0.39 is 0 Å². The van der Waals surface area contributed by atoms with Crippen LogP contribution in [0.1, 0.15) is 30.0 Å². The Morgan fingerprint density at radius 3 is 2.63 bits per heavy atom. The van der Waals surface area contributed by atoms with Crippen molar-refractivity contribution >= 4 is 28.7 Å². The molecule has 0 saturated heterocycles. The molecule has 0 fully saturated rings. The zero-order valence-corrected chi connectivity index (χ0v) is 17.9. The number of rotatable bonds is 6. The number of para-hydroxylation sites is 2. The summed E-state index contributed by atoms with van der Waals surface area (Å²) in [5.41, 5.74) is 2.76. The molecule has 0 bridgehead atoms. The van der Waals surface area contributed by atoms with Crippen LogP contribution in [0.25, 0.3) is 11.0 Å². The smallest absolute Gasteiger partial charge is 0.322 e. The number of aryl methyl sites for hydroxylation is 1. The fourth-order valence-corrected chi connectivity index (χ4v) is 3.12. The Balaban J connectivity index is 1.76. The number of carbonyl (C=O) groups excluding carboxylic acids is 2. The molecule has 0 saturated carbocycles. The van der Waals surface area contributed by atoms with Gasteiger partial charge in [-0.3, -0.25) is 4.79 Å². The maximum absolute atomic E-state index is 12.6. The van der Waals surface area contributed by atoms with Crippen molar-refractivity contribution in [3.8, 4) is 5.75 Å². The number of urea groups is 1. The topological polar surface area (TPSA) is 88.5 Å². The van der Waals surface area contributed by atoms with Crippen LogP contribution in [0.3, 0.4) is 0 Å². The van der Waals surface area contributed by atoms with Crippen LogP contribution in [-0.4, -0.2) is 46.6 Å². The summed E-state index contributed by atoms with van der Waals surface area (Å²) in [6, 6.07) is 12.4. The minimum absolute atomic E-state index is 0.0582. The molecule has 1 heterocycles. The maximum Gasteiger partial charge on any atom is 0.322 e. The van der Waals surface area contributed by atoms with Crippen molar-refractivity contribution in [2.45, 2.75) is 26.4 Å². The van der Waals surface area contributed by atoms with Gasteiger partial charge in [-0.1, -0.05) is 12.1 Å². The van der Waals surface area contributed by atoms with E-state index >= 15 is 0 Å². The summed E-state index contributed by atoms with van der Waals surface area (Å²) >= 11 is 0. The van der Waals surface area contributed by atoms with E-state index in [1.165, 1.54) is 0 Å². The number of hydrogen-bond donors (Lipinski definition) is 2. The molecule has 158 valence electrons. The number of anilines is 1. The van der Waals surface area contributed by atoms with Gasteiger partial charge in [0.1, 0.15) is 11.6 Å². The average Bonchev–Trinajstić information content (AvgIpc) is 3.02. The molecule has 1 aromatic heterocycles. The van der Waals surface area contributed by atoms with Crippen molar-refractivity contribution in [3.05, 3.63) is 53.9 Å². The first-order valence-corrected chi connectivity index (χ1v) is 9.71. The molecule has 0 aliphatic rings. The molecule has 3 rings (SSSR count). The second-order valence-electron chi connectivity index (χ2n) is 7.41. The molecule has 0 spiro atoms. The van der Waals surface area contributed by atoms with Gasteiger partial charge in [-0.25, -0.2) is 9.78 Å². The summed E-state index contributed by atoms with van der Waals surface area (Å²) in [4.78, 5) is 31.1. The van der Waals surface area contributed by atoms with Crippen molar-refractivity contribution in [1.29, 1.82) is 0 Å². The molecule has 8 nitrogen and oxygen atoms in total. The van der Waals surface area contributed by atoms with Gasteiger partial charge in [-0.15, -0.1) is 0 Å². The molecule has 0 atom stereocenters. The summed E-state index contributed by atoms with van der Waals surface area (Å²) in [6.45, 7) is 4.14. The highest BCUT2D eigenvalue weighted by molar-refractivity contribution is 5.97. The lowest BCUT2D eigenvalue weighted by atomic mass is 10.2. The first-order valence-electron chi connectivity index (χ1n) is 9.71. The molecular weight excluding hydrogens is 382 g/mol. The van der Waals surface area contributed by atoms with Crippen molar-refractivity contribution in [2.24, 2.45) is 7.05 Å². The van der Waals surface area contributed by atoms with E-state index in [9.17, 15) is 9.59 Å². The SMILES string of the molecule is COc1ccccc1NC(=O)N(C)Cc1nc2cc(C(=O)NC(C)C)ccc2n1C.